The standard InChI is InChI=1S/C46H48N2O12/c1-49-35-19-27(11-15-31(35)47-29-13-17-33(37(21-29)51-3)59-45-25-41(55-7)39(53-5)23-43(45)57-9)28-12-16-32(36(20-28)50-2)48-30-14-18-34(38(22-30)52-4)60-46-26-42(56-8)40(54-6)24-44(46)58-10/h11-26,47-48H,1-10H3. The van der Waals surface area contributed by atoms with Gasteiger partial charge in [-0.25, -0.2) is 0 Å². The van der Waals surface area contributed by atoms with Gasteiger partial charge in [0.1, 0.15) is 11.5 Å². The van der Waals surface area contributed by atoms with Gasteiger partial charge in [-0.2, -0.15) is 0 Å². The number of nitrogens with one attached hydrogen (secondary N) is 2. The molecule has 0 saturated heterocycles. The van der Waals surface area contributed by atoms with Crippen LogP contribution in [0.25, 0.3) is 11.1 Å². The summed E-state index contributed by atoms with van der Waals surface area (Å²) >= 11 is 0. The molecular weight excluding hydrogens is 773 g/mol. The maximum Gasteiger partial charge on any atom is 0.173 e. The van der Waals surface area contributed by atoms with Gasteiger partial charge >= 0.3 is 0 Å². The molecule has 0 saturated carbocycles. The van der Waals surface area contributed by atoms with E-state index in [2.05, 4.69) is 10.6 Å². The molecule has 0 atom stereocenters. The van der Waals surface area contributed by atoms with Crippen LogP contribution in [0.4, 0.5) is 22.7 Å². The molecule has 0 aliphatic carbocycles. The van der Waals surface area contributed by atoms with E-state index >= 15 is 0 Å². The molecule has 6 aromatic carbocycles. The van der Waals surface area contributed by atoms with Crippen LogP contribution < -0.4 is 67.5 Å². The first-order valence-corrected chi connectivity index (χ1v) is 18.5. The van der Waals surface area contributed by atoms with E-state index in [-0.39, 0.29) is 0 Å². The van der Waals surface area contributed by atoms with Crippen molar-refractivity contribution in [2.24, 2.45) is 0 Å². The molecule has 6 rings (SSSR count). The van der Waals surface area contributed by atoms with E-state index in [9.17, 15) is 0 Å². The molecule has 60 heavy (non-hydrogen) atoms. The minimum atomic E-state index is 0.432. The van der Waals surface area contributed by atoms with Crippen molar-refractivity contribution in [1.82, 2.24) is 0 Å². The highest BCUT2D eigenvalue weighted by Gasteiger charge is 2.19. The summed E-state index contributed by atoms with van der Waals surface area (Å²) in [6.07, 6.45) is 0. The summed E-state index contributed by atoms with van der Waals surface area (Å²) in [5.74, 6) is 7.01. The van der Waals surface area contributed by atoms with Crippen molar-refractivity contribution < 1.29 is 56.8 Å². The summed E-state index contributed by atoms with van der Waals surface area (Å²) in [7, 11) is 15.7. The summed E-state index contributed by atoms with van der Waals surface area (Å²) < 4.78 is 68.3. The maximum absolute atomic E-state index is 6.22. The molecule has 14 heteroatoms. The molecule has 0 amide bonds. The largest absolute Gasteiger partial charge is 0.495 e. The second-order valence-corrected chi connectivity index (χ2v) is 12.7. The topological polar surface area (TPSA) is 135 Å². The van der Waals surface area contributed by atoms with Crippen molar-refractivity contribution in [3.05, 3.63) is 97.1 Å². The average molecular weight is 821 g/mol. The van der Waals surface area contributed by atoms with E-state index < -0.39 is 0 Å². The molecule has 0 bridgehead atoms. The fourth-order valence-electron chi connectivity index (χ4n) is 6.32. The molecule has 0 aliphatic heterocycles. The van der Waals surface area contributed by atoms with Crippen molar-refractivity contribution in [3.63, 3.8) is 0 Å². The van der Waals surface area contributed by atoms with E-state index in [1.165, 1.54) is 0 Å². The number of anilines is 4. The second kappa shape index (κ2) is 19.3. The zero-order chi connectivity index (χ0) is 42.8. The molecule has 6 aromatic rings. The molecule has 2 N–H and O–H groups in total. The van der Waals surface area contributed by atoms with Gasteiger partial charge in [0, 0.05) is 47.8 Å². The van der Waals surface area contributed by atoms with Crippen LogP contribution in [0.15, 0.2) is 97.1 Å². The lowest BCUT2D eigenvalue weighted by Gasteiger charge is -2.18. The summed E-state index contributed by atoms with van der Waals surface area (Å²) in [5.41, 5.74) is 4.82. The average Bonchev–Trinajstić information content (AvgIpc) is 3.29. The van der Waals surface area contributed by atoms with Gasteiger partial charge < -0.3 is 67.5 Å². The van der Waals surface area contributed by atoms with Gasteiger partial charge in [-0.05, 0) is 59.7 Å². The van der Waals surface area contributed by atoms with E-state index in [1.807, 2.05) is 60.7 Å². The second-order valence-electron chi connectivity index (χ2n) is 12.7. The van der Waals surface area contributed by atoms with Crippen LogP contribution in [0, 0.1) is 0 Å². The third-order valence-corrected chi connectivity index (χ3v) is 9.40. The number of hydrogen-bond donors (Lipinski definition) is 2. The Morgan fingerprint density at radius 2 is 0.533 bits per heavy atom. The minimum absolute atomic E-state index is 0.432. The van der Waals surface area contributed by atoms with Gasteiger partial charge in [0.25, 0.3) is 0 Å². The van der Waals surface area contributed by atoms with E-state index in [4.69, 9.17) is 56.8 Å². The smallest absolute Gasteiger partial charge is 0.173 e. The van der Waals surface area contributed by atoms with Gasteiger partial charge in [-0.3, -0.25) is 0 Å². The Bertz CT molecular complexity index is 2270. The summed E-state index contributed by atoms with van der Waals surface area (Å²) in [4.78, 5) is 0. The van der Waals surface area contributed by atoms with Crippen molar-refractivity contribution in [1.29, 1.82) is 0 Å². The Morgan fingerprint density at radius 3 is 0.850 bits per heavy atom. The number of methoxy groups -OCH3 is 10. The zero-order valence-electron chi connectivity index (χ0n) is 35.1. The number of benzene rings is 6. The quantitative estimate of drug-likeness (QED) is 0.0802. The predicted octanol–water partition coefficient (Wildman–Crippen LogP) is 10.5. The minimum Gasteiger partial charge on any atom is -0.495 e. The zero-order valence-corrected chi connectivity index (χ0v) is 35.1. The molecule has 0 aliphatic rings. The van der Waals surface area contributed by atoms with Gasteiger partial charge in [-0.15, -0.1) is 0 Å². The van der Waals surface area contributed by atoms with Gasteiger partial charge in [-0.1, -0.05) is 12.1 Å². The van der Waals surface area contributed by atoms with Crippen LogP contribution in [0.3, 0.4) is 0 Å². The van der Waals surface area contributed by atoms with Crippen molar-refractivity contribution >= 4 is 22.7 Å². The normalized spacial score (nSPS) is 10.5. The van der Waals surface area contributed by atoms with Crippen LogP contribution in [0.5, 0.6) is 80.5 Å². The Balaban J connectivity index is 1.19. The first-order chi connectivity index (χ1) is 29.2. The molecule has 0 heterocycles. The van der Waals surface area contributed by atoms with Crippen molar-refractivity contribution in [3.8, 4) is 91.6 Å². The molecule has 0 aromatic heterocycles. The third-order valence-electron chi connectivity index (χ3n) is 9.40. The van der Waals surface area contributed by atoms with Crippen molar-refractivity contribution in [2.75, 3.05) is 81.7 Å². The lowest BCUT2D eigenvalue weighted by Crippen LogP contribution is -1.99. The lowest BCUT2D eigenvalue weighted by molar-refractivity contribution is 0.333. The Morgan fingerprint density at radius 1 is 0.250 bits per heavy atom. The SMILES string of the molecule is COc1cc(-c2ccc(Nc3ccc(Oc4cc(OC)c(OC)cc4OC)c(OC)c3)c(OC)c2)ccc1Nc1ccc(Oc2cc(OC)c(OC)cc2OC)c(OC)c1. The van der Waals surface area contributed by atoms with Crippen LogP contribution >= 0.6 is 0 Å². The molecule has 0 radical (unpaired) electrons. The highest BCUT2D eigenvalue weighted by Crippen LogP contribution is 2.46. The summed E-state index contributed by atoms with van der Waals surface area (Å²) in [6.45, 7) is 0. The molecule has 0 fully saturated rings. The van der Waals surface area contributed by atoms with Gasteiger partial charge in [0.15, 0.2) is 69.0 Å². The highest BCUT2D eigenvalue weighted by atomic mass is 16.6. The molecule has 0 unspecified atom stereocenters. The monoisotopic (exact) mass is 820 g/mol. The molecule has 314 valence electrons. The van der Waals surface area contributed by atoms with Crippen LogP contribution in [-0.2, 0) is 0 Å². The van der Waals surface area contributed by atoms with Gasteiger partial charge in [0.2, 0.25) is 0 Å². The van der Waals surface area contributed by atoms with E-state index in [0.29, 0.717) is 80.5 Å². The third kappa shape index (κ3) is 9.12. The Kier molecular flexibility index (Phi) is 13.6. The number of rotatable bonds is 19. The Hall–Kier alpha value is -7.48. The fraction of sp³-hybridized carbons (Fsp3) is 0.217. The van der Waals surface area contributed by atoms with Crippen LogP contribution in [0.2, 0.25) is 0 Å². The van der Waals surface area contributed by atoms with Crippen LogP contribution in [0.1, 0.15) is 0 Å². The van der Waals surface area contributed by atoms with Crippen LogP contribution in [-0.4, -0.2) is 71.1 Å². The fourth-order valence-corrected chi connectivity index (χ4v) is 6.32. The maximum atomic E-state index is 6.22. The lowest BCUT2D eigenvalue weighted by atomic mass is 10.0. The molecule has 14 nitrogen and oxygen atoms in total. The van der Waals surface area contributed by atoms with Gasteiger partial charge in [0.05, 0.1) is 82.5 Å². The summed E-state index contributed by atoms with van der Waals surface area (Å²) in [6, 6.07) is 29.6. The first kappa shape index (κ1) is 42.1. The Labute approximate surface area is 349 Å². The van der Waals surface area contributed by atoms with E-state index in [1.54, 1.807) is 107 Å². The predicted molar refractivity (Wildman–Crippen MR) is 230 cm³/mol. The molecule has 0 spiro atoms. The molecular formula is C46H48N2O12. The number of hydrogen-bond acceptors (Lipinski definition) is 14. The first-order valence-electron chi connectivity index (χ1n) is 18.5. The number of ether oxygens (including phenoxy) is 12. The highest BCUT2D eigenvalue weighted by molar-refractivity contribution is 5.78. The van der Waals surface area contributed by atoms with Crippen molar-refractivity contribution in [2.45, 2.75) is 0 Å². The summed E-state index contributed by atoms with van der Waals surface area (Å²) in [5, 5.41) is 6.86. The van der Waals surface area contributed by atoms with E-state index in [0.717, 1.165) is 33.9 Å².